The molecule has 1 aromatic carbocycles. The van der Waals surface area contributed by atoms with E-state index in [0.717, 1.165) is 22.8 Å². The molecule has 0 bridgehead atoms. The lowest BCUT2D eigenvalue weighted by Crippen LogP contribution is -2.04. The lowest BCUT2D eigenvalue weighted by molar-refractivity contribution is 0.392. The average molecular weight is 262 g/mol. The van der Waals surface area contributed by atoms with E-state index in [9.17, 15) is 0 Å². The lowest BCUT2D eigenvalue weighted by atomic mass is 10.1. The molecule has 0 amide bonds. The topological polar surface area (TPSA) is 52.0 Å². The van der Waals surface area contributed by atoms with Crippen LogP contribution in [0.25, 0.3) is 0 Å². The molecule has 2 aromatic rings. The number of aryl methyl sites for hydroxylation is 2. The highest BCUT2D eigenvalue weighted by atomic mass is 32.2. The van der Waals surface area contributed by atoms with Gasteiger partial charge in [-0.15, -0.1) is 11.8 Å². The number of hydrogen-bond donors (Lipinski definition) is 1. The van der Waals surface area contributed by atoms with Crippen molar-refractivity contribution in [1.82, 2.24) is 5.16 Å². The molecule has 1 aromatic heterocycles. The van der Waals surface area contributed by atoms with Crippen molar-refractivity contribution in [3.63, 3.8) is 0 Å². The van der Waals surface area contributed by atoms with Crippen LogP contribution >= 0.6 is 11.8 Å². The third-order valence-electron chi connectivity index (χ3n) is 2.97. The van der Waals surface area contributed by atoms with Crippen LogP contribution in [0.3, 0.4) is 0 Å². The Balaban J connectivity index is 2.02. The fourth-order valence-electron chi connectivity index (χ4n) is 1.73. The van der Waals surface area contributed by atoms with E-state index in [4.69, 9.17) is 10.3 Å². The van der Waals surface area contributed by atoms with E-state index in [1.54, 1.807) is 11.8 Å². The number of rotatable bonds is 4. The molecule has 4 heteroatoms. The molecular weight excluding hydrogens is 244 g/mol. The van der Waals surface area contributed by atoms with Crippen LogP contribution in [-0.4, -0.2) is 5.16 Å². The number of nitrogens with zero attached hydrogens (tertiary/aromatic N) is 1. The third-order valence-corrected chi connectivity index (χ3v) is 4.01. The summed E-state index contributed by atoms with van der Waals surface area (Å²) in [5, 5.41) is 3.96. The maximum absolute atomic E-state index is 5.83. The number of aromatic nitrogens is 1. The second kappa shape index (κ2) is 5.59. The van der Waals surface area contributed by atoms with Crippen molar-refractivity contribution < 1.29 is 4.52 Å². The predicted molar refractivity (Wildman–Crippen MR) is 74.6 cm³/mol. The van der Waals surface area contributed by atoms with E-state index >= 15 is 0 Å². The third kappa shape index (κ3) is 2.94. The fraction of sp³-hybridized carbons (Fsp3) is 0.357. The van der Waals surface area contributed by atoms with Crippen molar-refractivity contribution >= 4 is 11.8 Å². The minimum absolute atomic E-state index is 0.0895. The van der Waals surface area contributed by atoms with Gasteiger partial charge in [0.1, 0.15) is 5.76 Å². The summed E-state index contributed by atoms with van der Waals surface area (Å²) in [5.41, 5.74) is 9.16. The van der Waals surface area contributed by atoms with Crippen molar-refractivity contribution in [2.24, 2.45) is 5.73 Å². The molecule has 0 fully saturated rings. The average Bonchev–Trinajstić information content (AvgIpc) is 2.67. The minimum Gasteiger partial charge on any atom is -0.361 e. The van der Waals surface area contributed by atoms with Crippen molar-refractivity contribution in [2.45, 2.75) is 37.5 Å². The van der Waals surface area contributed by atoms with Gasteiger partial charge < -0.3 is 10.3 Å². The van der Waals surface area contributed by atoms with E-state index in [-0.39, 0.29) is 6.04 Å². The van der Waals surface area contributed by atoms with Gasteiger partial charge in [-0.2, -0.15) is 0 Å². The van der Waals surface area contributed by atoms with Gasteiger partial charge in [-0.05, 0) is 38.5 Å². The summed E-state index contributed by atoms with van der Waals surface area (Å²) in [7, 11) is 0. The van der Waals surface area contributed by atoms with Crippen molar-refractivity contribution in [3.8, 4) is 0 Å². The molecule has 0 aliphatic rings. The number of thioether (sulfide) groups is 1. The molecule has 18 heavy (non-hydrogen) atoms. The van der Waals surface area contributed by atoms with E-state index in [1.807, 2.05) is 20.8 Å². The predicted octanol–water partition coefficient (Wildman–Crippen LogP) is 3.60. The summed E-state index contributed by atoms with van der Waals surface area (Å²) in [4.78, 5) is 1.24. The first-order valence-electron chi connectivity index (χ1n) is 5.98. The van der Waals surface area contributed by atoms with E-state index in [0.29, 0.717) is 0 Å². The zero-order chi connectivity index (χ0) is 13.1. The quantitative estimate of drug-likeness (QED) is 0.855. The molecule has 1 heterocycles. The van der Waals surface area contributed by atoms with Crippen molar-refractivity contribution in [3.05, 3.63) is 46.8 Å². The highest BCUT2D eigenvalue weighted by molar-refractivity contribution is 7.98. The Morgan fingerprint density at radius 1 is 1.28 bits per heavy atom. The largest absolute Gasteiger partial charge is 0.361 e. The highest BCUT2D eigenvalue weighted by Crippen LogP contribution is 2.26. The summed E-state index contributed by atoms with van der Waals surface area (Å²) in [6, 6.07) is 8.48. The molecule has 1 atom stereocenters. The second-order valence-corrected chi connectivity index (χ2v) is 5.50. The van der Waals surface area contributed by atoms with Gasteiger partial charge in [0.05, 0.1) is 5.69 Å². The molecule has 0 saturated heterocycles. The molecule has 0 aliphatic heterocycles. The van der Waals surface area contributed by atoms with Crippen LogP contribution in [0, 0.1) is 13.8 Å². The van der Waals surface area contributed by atoms with E-state index in [1.165, 1.54) is 10.5 Å². The molecule has 0 saturated carbocycles. The first kappa shape index (κ1) is 13.2. The zero-order valence-corrected chi connectivity index (χ0v) is 11.8. The Hall–Kier alpha value is -1.26. The van der Waals surface area contributed by atoms with Gasteiger partial charge in [0, 0.05) is 22.3 Å². The van der Waals surface area contributed by atoms with Gasteiger partial charge >= 0.3 is 0 Å². The fourth-order valence-corrected chi connectivity index (χ4v) is 2.78. The summed E-state index contributed by atoms with van der Waals surface area (Å²) < 4.78 is 5.15. The smallest absolute Gasteiger partial charge is 0.137 e. The van der Waals surface area contributed by atoms with Crippen LogP contribution in [0.1, 0.15) is 35.5 Å². The number of nitrogens with two attached hydrogens (primary N) is 1. The van der Waals surface area contributed by atoms with Gasteiger partial charge in [-0.3, -0.25) is 0 Å². The standard InChI is InChI=1S/C14H18N2OS/c1-9(15)12-4-6-13(7-5-12)18-8-14-10(2)16-17-11(14)3/h4-7,9H,8,15H2,1-3H3. The first-order valence-corrected chi connectivity index (χ1v) is 6.96. The van der Waals surface area contributed by atoms with Gasteiger partial charge in [0.15, 0.2) is 0 Å². The summed E-state index contributed by atoms with van der Waals surface area (Å²) in [6.07, 6.45) is 0. The summed E-state index contributed by atoms with van der Waals surface area (Å²) in [6.45, 7) is 5.92. The monoisotopic (exact) mass is 262 g/mol. The minimum atomic E-state index is 0.0895. The molecule has 1 unspecified atom stereocenters. The molecular formula is C14H18N2OS. The van der Waals surface area contributed by atoms with E-state index in [2.05, 4.69) is 29.4 Å². The van der Waals surface area contributed by atoms with Crippen LogP contribution in [0.2, 0.25) is 0 Å². The Morgan fingerprint density at radius 3 is 2.44 bits per heavy atom. The second-order valence-electron chi connectivity index (χ2n) is 4.45. The van der Waals surface area contributed by atoms with Gasteiger partial charge in [0.2, 0.25) is 0 Å². The normalized spacial score (nSPS) is 12.7. The number of hydrogen-bond acceptors (Lipinski definition) is 4. The highest BCUT2D eigenvalue weighted by Gasteiger charge is 2.09. The maximum Gasteiger partial charge on any atom is 0.137 e. The van der Waals surface area contributed by atoms with Crippen LogP contribution in [0.15, 0.2) is 33.7 Å². The molecule has 96 valence electrons. The van der Waals surface area contributed by atoms with Crippen LogP contribution in [0.5, 0.6) is 0 Å². The molecule has 0 spiro atoms. The van der Waals surface area contributed by atoms with Crippen molar-refractivity contribution in [1.29, 1.82) is 0 Å². The molecule has 3 nitrogen and oxygen atoms in total. The Kier molecular flexibility index (Phi) is 4.09. The van der Waals surface area contributed by atoms with Gasteiger partial charge in [-0.25, -0.2) is 0 Å². The Labute approximate surface area is 112 Å². The van der Waals surface area contributed by atoms with E-state index < -0.39 is 0 Å². The molecule has 2 rings (SSSR count). The summed E-state index contributed by atoms with van der Waals surface area (Å²) >= 11 is 1.79. The Bertz CT molecular complexity index is 498. The first-order chi connectivity index (χ1) is 8.58. The SMILES string of the molecule is Cc1noc(C)c1CSc1ccc(C(C)N)cc1. The van der Waals surface area contributed by atoms with Crippen LogP contribution in [0.4, 0.5) is 0 Å². The maximum atomic E-state index is 5.83. The van der Waals surface area contributed by atoms with Gasteiger partial charge in [-0.1, -0.05) is 17.3 Å². The zero-order valence-electron chi connectivity index (χ0n) is 10.9. The van der Waals surface area contributed by atoms with Crippen LogP contribution in [-0.2, 0) is 5.75 Å². The van der Waals surface area contributed by atoms with Crippen molar-refractivity contribution in [2.75, 3.05) is 0 Å². The molecule has 0 aliphatic carbocycles. The lowest BCUT2D eigenvalue weighted by Gasteiger charge is -2.06. The number of benzene rings is 1. The molecule has 0 radical (unpaired) electrons. The summed E-state index contributed by atoms with van der Waals surface area (Å²) in [5.74, 6) is 1.80. The van der Waals surface area contributed by atoms with Crippen LogP contribution < -0.4 is 5.73 Å². The Morgan fingerprint density at radius 2 is 1.94 bits per heavy atom. The van der Waals surface area contributed by atoms with Gasteiger partial charge in [0.25, 0.3) is 0 Å². The molecule has 2 N–H and O–H groups in total.